The van der Waals surface area contributed by atoms with Gasteiger partial charge in [0.2, 0.25) is 0 Å². The third-order valence-corrected chi connectivity index (χ3v) is 3.21. The standard InChI is InChI=1S/C13H23N5O2/c1-12(11-18-5-2-3-15-18)16-13(19)14-4-6-17-7-9-20-10-8-17/h2-3,5,12H,4,6-11H2,1H3,(H2,14,16,19)/t12-/m1/s1. The molecule has 1 fully saturated rings. The Bertz CT molecular complexity index is 389. The number of hydrogen-bond acceptors (Lipinski definition) is 4. The first-order valence-electron chi connectivity index (χ1n) is 7.06. The molecule has 20 heavy (non-hydrogen) atoms. The molecule has 0 aliphatic carbocycles. The van der Waals surface area contributed by atoms with Crippen LogP contribution in [0.25, 0.3) is 0 Å². The molecule has 7 heteroatoms. The van der Waals surface area contributed by atoms with E-state index in [0.29, 0.717) is 13.1 Å². The second kappa shape index (κ2) is 7.86. The van der Waals surface area contributed by atoms with Crippen LogP contribution in [0, 0.1) is 0 Å². The average molecular weight is 281 g/mol. The molecule has 2 N–H and O–H groups in total. The molecule has 0 radical (unpaired) electrons. The van der Waals surface area contributed by atoms with E-state index < -0.39 is 0 Å². The zero-order valence-corrected chi connectivity index (χ0v) is 11.9. The summed E-state index contributed by atoms with van der Waals surface area (Å²) in [7, 11) is 0. The lowest BCUT2D eigenvalue weighted by Crippen LogP contribution is -2.46. The normalized spacial score (nSPS) is 17.6. The first-order valence-corrected chi connectivity index (χ1v) is 7.06. The molecule has 1 atom stereocenters. The van der Waals surface area contributed by atoms with E-state index in [1.807, 2.05) is 19.2 Å². The van der Waals surface area contributed by atoms with Crippen LogP contribution >= 0.6 is 0 Å². The molecule has 112 valence electrons. The van der Waals surface area contributed by atoms with Gasteiger partial charge in [-0.15, -0.1) is 0 Å². The molecule has 0 spiro atoms. The molecule has 2 amide bonds. The largest absolute Gasteiger partial charge is 0.379 e. The van der Waals surface area contributed by atoms with Crippen molar-refractivity contribution in [2.45, 2.75) is 19.5 Å². The average Bonchev–Trinajstić information content (AvgIpc) is 2.92. The third-order valence-electron chi connectivity index (χ3n) is 3.21. The number of amides is 2. The summed E-state index contributed by atoms with van der Waals surface area (Å²) < 4.78 is 7.08. The lowest BCUT2D eigenvalue weighted by atomic mass is 10.3. The number of nitrogens with zero attached hydrogens (tertiary/aromatic N) is 3. The second-order valence-corrected chi connectivity index (χ2v) is 4.98. The summed E-state index contributed by atoms with van der Waals surface area (Å²) >= 11 is 0. The molecule has 7 nitrogen and oxygen atoms in total. The van der Waals surface area contributed by atoms with Gasteiger partial charge >= 0.3 is 6.03 Å². The van der Waals surface area contributed by atoms with Crippen molar-refractivity contribution < 1.29 is 9.53 Å². The Morgan fingerprint density at radius 3 is 2.95 bits per heavy atom. The van der Waals surface area contributed by atoms with Crippen molar-refractivity contribution in [1.82, 2.24) is 25.3 Å². The molecule has 1 aromatic rings. The van der Waals surface area contributed by atoms with Crippen LogP contribution in [0.1, 0.15) is 6.92 Å². The van der Waals surface area contributed by atoms with Gasteiger partial charge in [-0.3, -0.25) is 9.58 Å². The van der Waals surface area contributed by atoms with Gasteiger partial charge in [0.05, 0.1) is 19.8 Å². The summed E-state index contributed by atoms with van der Waals surface area (Å²) in [5.41, 5.74) is 0. The fourth-order valence-electron chi connectivity index (χ4n) is 2.16. The number of rotatable bonds is 6. The van der Waals surface area contributed by atoms with E-state index in [9.17, 15) is 4.79 Å². The van der Waals surface area contributed by atoms with Crippen molar-refractivity contribution in [3.05, 3.63) is 18.5 Å². The molecule has 1 aliphatic heterocycles. The monoisotopic (exact) mass is 281 g/mol. The number of aromatic nitrogens is 2. The van der Waals surface area contributed by atoms with E-state index in [-0.39, 0.29) is 12.1 Å². The highest BCUT2D eigenvalue weighted by Crippen LogP contribution is 1.95. The summed E-state index contributed by atoms with van der Waals surface area (Å²) in [6, 6.07) is 1.78. The maximum Gasteiger partial charge on any atom is 0.315 e. The van der Waals surface area contributed by atoms with Gasteiger partial charge in [0.15, 0.2) is 0 Å². The van der Waals surface area contributed by atoms with Crippen LogP contribution in [0.3, 0.4) is 0 Å². The van der Waals surface area contributed by atoms with Gasteiger partial charge in [0.1, 0.15) is 0 Å². The minimum Gasteiger partial charge on any atom is -0.379 e. The number of carbonyl (C=O) groups is 1. The van der Waals surface area contributed by atoms with Crippen molar-refractivity contribution in [2.75, 3.05) is 39.4 Å². The Morgan fingerprint density at radius 1 is 1.45 bits per heavy atom. The summed E-state index contributed by atoms with van der Waals surface area (Å²) in [6.45, 7) is 7.61. The van der Waals surface area contributed by atoms with Crippen LogP contribution in [0.5, 0.6) is 0 Å². The molecule has 0 saturated carbocycles. The van der Waals surface area contributed by atoms with E-state index in [1.54, 1.807) is 10.9 Å². The van der Waals surface area contributed by atoms with Crippen LogP contribution in [0.15, 0.2) is 18.5 Å². The van der Waals surface area contributed by atoms with E-state index in [1.165, 1.54) is 0 Å². The molecular formula is C13H23N5O2. The lowest BCUT2D eigenvalue weighted by Gasteiger charge is -2.26. The Balaban J connectivity index is 1.57. The number of carbonyl (C=O) groups excluding carboxylic acids is 1. The summed E-state index contributed by atoms with van der Waals surface area (Å²) in [4.78, 5) is 14.0. The molecule has 1 saturated heterocycles. The van der Waals surface area contributed by atoms with Gasteiger partial charge in [-0.05, 0) is 13.0 Å². The van der Waals surface area contributed by atoms with Gasteiger partial charge in [-0.2, -0.15) is 5.10 Å². The fourth-order valence-corrected chi connectivity index (χ4v) is 2.16. The molecule has 0 unspecified atom stereocenters. The number of nitrogens with one attached hydrogen (secondary N) is 2. The summed E-state index contributed by atoms with van der Waals surface area (Å²) in [6.07, 6.45) is 3.61. The van der Waals surface area contributed by atoms with Gasteiger partial charge in [0, 0.05) is 44.6 Å². The SMILES string of the molecule is C[C@H](Cn1cccn1)NC(=O)NCCN1CCOCC1. The first-order chi connectivity index (χ1) is 9.74. The Kier molecular flexibility index (Phi) is 5.82. The Labute approximate surface area is 119 Å². The fraction of sp³-hybridized carbons (Fsp3) is 0.692. The van der Waals surface area contributed by atoms with Gasteiger partial charge in [-0.1, -0.05) is 0 Å². The minimum absolute atomic E-state index is 0.0401. The van der Waals surface area contributed by atoms with Crippen molar-refractivity contribution in [3.63, 3.8) is 0 Å². The van der Waals surface area contributed by atoms with Gasteiger partial charge < -0.3 is 15.4 Å². The molecule has 1 aliphatic rings. The highest BCUT2D eigenvalue weighted by atomic mass is 16.5. The highest BCUT2D eigenvalue weighted by Gasteiger charge is 2.11. The molecule has 1 aromatic heterocycles. The number of urea groups is 1. The number of ether oxygens (including phenoxy) is 1. The first kappa shape index (κ1) is 14.8. The maximum absolute atomic E-state index is 11.7. The van der Waals surface area contributed by atoms with Gasteiger partial charge in [-0.25, -0.2) is 4.79 Å². The molecule has 2 rings (SSSR count). The smallest absolute Gasteiger partial charge is 0.315 e. The van der Waals surface area contributed by atoms with Crippen molar-refractivity contribution in [2.24, 2.45) is 0 Å². The summed E-state index contributed by atoms with van der Waals surface area (Å²) in [5, 5.41) is 9.89. The molecule has 2 heterocycles. The van der Waals surface area contributed by atoms with E-state index in [4.69, 9.17) is 4.74 Å². The predicted octanol–water partition coefficient (Wildman–Crippen LogP) is -0.0970. The number of morpholine rings is 1. The Morgan fingerprint density at radius 2 is 2.25 bits per heavy atom. The van der Waals surface area contributed by atoms with Gasteiger partial charge in [0.25, 0.3) is 0 Å². The van der Waals surface area contributed by atoms with Crippen LogP contribution in [0.4, 0.5) is 4.79 Å². The van der Waals surface area contributed by atoms with Crippen LogP contribution in [0.2, 0.25) is 0 Å². The van der Waals surface area contributed by atoms with E-state index >= 15 is 0 Å². The number of hydrogen-bond donors (Lipinski definition) is 2. The zero-order valence-electron chi connectivity index (χ0n) is 11.9. The predicted molar refractivity (Wildman–Crippen MR) is 75.5 cm³/mol. The van der Waals surface area contributed by atoms with Crippen LogP contribution < -0.4 is 10.6 Å². The van der Waals surface area contributed by atoms with Crippen LogP contribution in [-0.2, 0) is 11.3 Å². The highest BCUT2D eigenvalue weighted by molar-refractivity contribution is 5.74. The minimum atomic E-state index is -0.127. The van der Waals surface area contributed by atoms with E-state index in [2.05, 4.69) is 20.6 Å². The topological polar surface area (TPSA) is 71.4 Å². The zero-order chi connectivity index (χ0) is 14.2. The third kappa shape index (κ3) is 5.18. The van der Waals surface area contributed by atoms with Crippen LogP contribution in [-0.4, -0.2) is 66.1 Å². The van der Waals surface area contributed by atoms with Crippen molar-refractivity contribution in [1.29, 1.82) is 0 Å². The lowest BCUT2D eigenvalue weighted by molar-refractivity contribution is 0.0387. The molecule has 0 aromatic carbocycles. The molecule has 0 bridgehead atoms. The van der Waals surface area contributed by atoms with E-state index in [0.717, 1.165) is 32.8 Å². The van der Waals surface area contributed by atoms with Crippen molar-refractivity contribution >= 4 is 6.03 Å². The second-order valence-electron chi connectivity index (χ2n) is 4.98. The summed E-state index contributed by atoms with van der Waals surface area (Å²) in [5.74, 6) is 0. The molecular weight excluding hydrogens is 258 g/mol. The van der Waals surface area contributed by atoms with Crippen molar-refractivity contribution in [3.8, 4) is 0 Å². The quantitative estimate of drug-likeness (QED) is 0.764. The Hall–Kier alpha value is -1.60. The maximum atomic E-state index is 11.7.